The zero-order valence-corrected chi connectivity index (χ0v) is 11.4. The summed E-state index contributed by atoms with van der Waals surface area (Å²) < 4.78 is 33.8. The van der Waals surface area contributed by atoms with Crippen LogP contribution in [-0.2, 0) is 7.05 Å². The lowest BCUT2D eigenvalue weighted by Gasteiger charge is -2.23. The molecule has 0 aliphatic carbocycles. The maximum absolute atomic E-state index is 13.7. The molecule has 0 bridgehead atoms. The summed E-state index contributed by atoms with van der Waals surface area (Å²) in [7, 11) is 1.77. The number of rotatable bonds is 5. The maximum atomic E-state index is 13.7. The van der Waals surface area contributed by atoms with Gasteiger partial charge in [0.1, 0.15) is 11.9 Å². The van der Waals surface area contributed by atoms with Gasteiger partial charge in [-0.05, 0) is 18.6 Å². The van der Waals surface area contributed by atoms with Crippen molar-refractivity contribution in [2.24, 2.45) is 12.8 Å². The molecular formula is C14H17F2N3O. The minimum Gasteiger partial charge on any atom is -0.481 e. The smallest absolute Gasteiger partial charge is 0.168 e. The molecule has 0 saturated carbocycles. The van der Waals surface area contributed by atoms with Gasteiger partial charge in [-0.3, -0.25) is 4.68 Å². The van der Waals surface area contributed by atoms with Gasteiger partial charge in [-0.15, -0.1) is 0 Å². The van der Waals surface area contributed by atoms with Crippen molar-refractivity contribution in [1.29, 1.82) is 0 Å². The number of halogens is 2. The van der Waals surface area contributed by atoms with E-state index >= 15 is 0 Å². The molecule has 20 heavy (non-hydrogen) atoms. The third-order valence-corrected chi connectivity index (χ3v) is 3.06. The molecular weight excluding hydrogens is 264 g/mol. The van der Waals surface area contributed by atoms with Crippen molar-refractivity contribution in [3.8, 4) is 5.75 Å². The Balaban J connectivity index is 2.28. The van der Waals surface area contributed by atoms with Gasteiger partial charge in [0, 0.05) is 30.9 Å². The molecule has 108 valence electrons. The predicted octanol–water partition coefficient (Wildman–Crippen LogP) is 2.56. The van der Waals surface area contributed by atoms with Crippen molar-refractivity contribution in [2.45, 2.75) is 25.5 Å². The molecule has 0 spiro atoms. The average molecular weight is 281 g/mol. The molecule has 1 aromatic carbocycles. The fourth-order valence-electron chi connectivity index (χ4n) is 1.91. The first-order valence-corrected chi connectivity index (χ1v) is 6.37. The highest BCUT2D eigenvalue weighted by Gasteiger charge is 2.23. The molecule has 1 aromatic heterocycles. The molecule has 2 rings (SSSR count). The van der Waals surface area contributed by atoms with E-state index in [2.05, 4.69) is 5.10 Å². The molecule has 6 heteroatoms. The Labute approximate surface area is 116 Å². The van der Waals surface area contributed by atoms with Crippen molar-refractivity contribution < 1.29 is 13.5 Å². The van der Waals surface area contributed by atoms with Crippen LogP contribution in [-0.4, -0.2) is 15.8 Å². The van der Waals surface area contributed by atoms with Gasteiger partial charge in [-0.2, -0.15) is 5.10 Å². The minimum atomic E-state index is -0.748. The molecule has 0 aliphatic rings. The fraction of sp³-hybridized carbons (Fsp3) is 0.357. The lowest BCUT2D eigenvalue weighted by atomic mass is 10.0. The summed E-state index contributed by atoms with van der Waals surface area (Å²) in [6.07, 6.45) is 3.51. The van der Waals surface area contributed by atoms with Crippen LogP contribution < -0.4 is 10.5 Å². The van der Waals surface area contributed by atoms with Crippen LogP contribution in [0.25, 0.3) is 0 Å². The quantitative estimate of drug-likeness (QED) is 0.916. The van der Waals surface area contributed by atoms with Crippen LogP contribution in [0.3, 0.4) is 0 Å². The van der Waals surface area contributed by atoms with Gasteiger partial charge in [-0.25, -0.2) is 8.78 Å². The second kappa shape index (κ2) is 6.00. The van der Waals surface area contributed by atoms with E-state index < -0.39 is 17.7 Å². The normalized spacial score (nSPS) is 14.1. The van der Waals surface area contributed by atoms with Crippen LogP contribution in [0, 0.1) is 11.6 Å². The van der Waals surface area contributed by atoms with Crippen molar-refractivity contribution >= 4 is 0 Å². The van der Waals surface area contributed by atoms with Crippen molar-refractivity contribution in [1.82, 2.24) is 9.78 Å². The Morgan fingerprint density at radius 2 is 2.15 bits per heavy atom. The summed E-state index contributed by atoms with van der Waals surface area (Å²) >= 11 is 0. The summed E-state index contributed by atoms with van der Waals surface area (Å²) in [5.74, 6) is -1.42. The Bertz CT molecular complexity index is 586. The fourth-order valence-corrected chi connectivity index (χ4v) is 1.91. The lowest BCUT2D eigenvalue weighted by molar-refractivity contribution is 0.163. The monoisotopic (exact) mass is 281 g/mol. The first-order chi connectivity index (χ1) is 9.51. The van der Waals surface area contributed by atoms with Gasteiger partial charge in [0.25, 0.3) is 0 Å². The predicted molar refractivity (Wildman–Crippen MR) is 71.2 cm³/mol. The highest BCUT2D eigenvalue weighted by atomic mass is 19.1. The minimum absolute atomic E-state index is 0.0239. The molecule has 2 unspecified atom stereocenters. The number of nitrogens with two attached hydrogens (primary N) is 1. The molecule has 0 aliphatic heterocycles. The number of hydrogen-bond donors (Lipinski definition) is 1. The topological polar surface area (TPSA) is 53.1 Å². The van der Waals surface area contributed by atoms with E-state index in [9.17, 15) is 8.78 Å². The van der Waals surface area contributed by atoms with E-state index in [-0.39, 0.29) is 11.8 Å². The number of hydrogen-bond acceptors (Lipinski definition) is 3. The molecule has 0 saturated heterocycles. The SMILES string of the molecule is CCC(N)C(Oc1ccc(F)cc1F)c1cnn(C)c1. The summed E-state index contributed by atoms with van der Waals surface area (Å²) in [6.45, 7) is 1.92. The van der Waals surface area contributed by atoms with Crippen molar-refractivity contribution in [2.75, 3.05) is 0 Å². The number of benzene rings is 1. The van der Waals surface area contributed by atoms with Crippen LogP contribution in [0.4, 0.5) is 8.78 Å². The van der Waals surface area contributed by atoms with Crippen LogP contribution in [0.1, 0.15) is 25.0 Å². The lowest BCUT2D eigenvalue weighted by Crippen LogP contribution is -2.31. The third kappa shape index (κ3) is 3.14. The van der Waals surface area contributed by atoms with Crippen LogP contribution in [0.15, 0.2) is 30.6 Å². The molecule has 2 N–H and O–H groups in total. The van der Waals surface area contributed by atoms with Gasteiger partial charge >= 0.3 is 0 Å². The van der Waals surface area contributed by atoms with E-state index in [1.807, 2.05) is 6.92 Å². The second-order valence-corrected chi connectivity index (χ2v) is 4.63. The van der Waals surface area contributed by atoms with E-state index in [1.54, 1.807) is 24.1 Å². The number of aromatic nitrogens is 2. The second-order valence-electron chi connectivity index (χ2n) is 4.63. The summed E-state index contributed by atoms with van der Waals surface area (Å²) in [4.78, 5) is 0. The summed E-state index contributed by atoms with van der Waals surface area (Å²) in [5, 5.41) is 4.06. The molecule has 0 radical (unpaired) electrons. The van der Waals surface area contributed by atoms with Crippen LogP contribution in [0.5, 0.6) is 5.75 Å². The van der Waals surface area contributed by atoms with Crippen LogP contribution in [0.2, 0.25) is 0 Å². The Kier molecular flexibility index (Phi) is 4.34. The van der Waals surface area contributed by atoms with Gasteiger partial charge in [0.15, 0.2) is 11.6 Å². The van der Waals surface area contributed by atoms with E-state index in [1.165, 1.54) is 6.07 Å². The van der Waals surface area contributed by atoms with E-state index in [0.29, 0.717) is 6.42 Å². The molecule has 2 atom stereocenters. The summed E-state index contributed by atoms with van der Waals surface area (Å²) in [6, 6.07) is 2.88. The van der Waals surface area contributed by atoms with E-state index in [0.717, 1.165) is 17.7 Å². The van der Waals surface area contributed by atoms with Crippen LogP contribution >= 0.6 is 0 Å². The Hall–Kier alpha value is -1.95. The zero-order valence-electron chi connectivity index (χ0n) is 11.4. The summed E-state index contributed by atoms with van der Waals surface area (Å²) in [5.41, 5.74) is 6.78. The first-order valence-electron chi connectivity index (χ1n) is 6.37. The molecule has 1 heterocycles. The number of aryl methyl sites for hydroxylation is 1. The third-order valence-electron chi connectivity index (χ3n) is 3.06. The Morgan fingerprint density at radius 1 is 1.40 bits per heavy atom. The van der Waals surface area contributed by atoms with E-state index in [4.69, 9.17) is 10.5 Å². The van der Waals surface area contributed by atoms with Gasteiger partial charge in [-0.1, -0.05) is 6.92 Å². The highest BCUT2D eigenvalue weighted by Crippen LogP contribution is 2.27. The Morgan fingerprint density at radius 3 is 2.70 bits per heavy atom. The molecule has 2 aromatic rings. The number of ether oxygens (including phenoxy) is 1. The van der Waals surface area contributed by atoms with Gasteiger partial charge < -0.3 is 10.5 Å². The van der Waals surface area contributed by atoms with Crippen molar-refractivity contribution in [3.05, 3.63) is 47.8 Å². The first kappa shape index (κ1) is 14.5. The molecule has 0 fully saturated rings. The standard InChI is InChI=1S/C14H17F2N3O/c1-3-12(17)14(9-7-18-19(2)8-9)20-13-5-4-10(15)6-11(13)16/h4-8,12,14H,3,17H2,1-2H3. The number of nitrogens with zero attached hydrogens (tertiary/aromatic N) is 2. The average Bonchev–Trinajstić information content (AvgIpc) is 2.83. The van der Waals surface area contributed by atoms with Crippen molar-refractivity contribution in [3.63, 3.8) is 0 Å². The largest absolute Gasteiger partial charge is 0.481 e. The van der Waals surface area contributed by atoms with Gasteiger partial charge in [0.05, 0.1) is 6.20 Å². The zero-order chi connectivity index (χ0) is 14.7. The highest BCUT2D eigenvalue weighted by molar-refractivity contribution is 5.26. The van der Waals surface area contributed by atoms with Gasteiger partial charge in [0.2, 0.25) is 0 Å². The molecule has 0 amide bonds. The molecule has 4 nitrogen and oxygen atoms in total. The maximum Gasteiger partial charge on any atom is 0.168 e.